The number of nitrogens with one attached hydrogen (secondary N) is 1. The molecule has 1 aliphatic rings. The van der Waals surface area contributed by atoms with Gasteiger partial charge in [-0.25, -0.2) is 4.79 Å². The molecule has 4 atom stereocenters. The van der Waals surface area contributed by atoms with Crippen LogP contribution in [0, 0.1) is 6.92 Å². The molecule has 0 spiro atoms. The van der Waals surface area contributed by atoms with Crippen molar-refractivity contribution < 1.29 is 33.5 Å². The maximum Gasteiger partial charge on any atom is 0.330 e. The summed E-state index contributed by atoms with van der Waals surface area (Å²) in [7, 11) is 4.75. The van der Waals surface area contributed by atoms with E-state index in [1.807, 2.05) is 78.9 Å². The predicted molar refractivity (Wildman–Crippen MR) is 166 cm³/mol. The molecule has 0 bridgehead atoms. The van der Waals surface area contributed by atoms with Crippen molar-refractivity contribution in [2.75, 3.05) is 41.2 Å². The van der Waals surface area contributed by atoms with Crippen molar-refractivity contribution in [2.45, 2.75) is 37.1 Å². The van der Waals surface area contributed by atoms with Crippen LogP contribution in [0.5, 0.6) is 11.5 Å². The van der Waals surface area contributed by atoms with Crippen LogP contribution in [0.1, 0.15) is 28.5 Å². The quantitative estimate of drug-likeness (QED) is 0.171. The van der Waals surface area contributed by atoms with Gasteiger partial charge in [-0.1, -0.05) is 54.6 Å². The smallest absolute Gasteiger partial charge is 0.330 e. The molecule has 0 unspecified atom stereocenters. The molecule has 1 aliphatic heterocycles. The van der Waals surface area contributed by atoms with Crippen molar-refractivity contribution in [3.63, 3.8) is 0 Å². The van der Waals surface area contributed by atoms with Crippen molar-refractivity contribution in [3.05, 3.63) is 128 Å². The second-order valence-corrected chi connectivity index (χ2v) is 10.7. The lowest BCUT2D eigenvalue weighted by Crippen LogP contribution is -2.41. The number of aromatic amines is 1. The molecular formula is C34H38N2O9. The first-order valence-electron chi connectivity index (χ1n) is 14.6. The molecule has 3 aromatic carbocycles. The van der Waals surface area contributed by atoms with Crippen molar-refractivity contribution in [2.24, 2.45) is 0 Å². The van der Waals surface area contributed by atoms with E-state index in [0.29, 0.717) is 17.1 Å². The summed E-state index contributed by atoms with van der Waals surface area (Å²) in [6.07, 6.45) is -2.70. The molecule has 0 saturated carbocycles. The number of methoxy groups -OCH3 is 3. The molecule has 45 heavy (non-hydrogen) atoms. The van der Waals surface area contributed by atoms with Gasteiger partial charge in [-0.15, -0.1) is 0 Å². The number of H-pyrrole nitrogens is 1. The maximum absolute atomic E-state index is 12.9. The summed E-state index contributed by atoms with van der Waals surface area (Å²) >= 11 is 0. The Labute approximate surface area is 260 Å². The minimum Gasteiger partial charge on any atom is -0.497 e. The first-order chi connectivity index (χ1) is 21.8. The van der Waals surface area contributed by atoms with Crippen LogP contribution >= 0.6 is 0 Å². The number of aromatic nitrogens is 2. The van der Waals surface area contributed by atoms with Gasteiger partial charge in [-0.2, -0.15) is 0 Å². The van der Waals surface area contributed by atoms with Crippen LogP contribution in [-0.4, -0.2) is 74.1 Å². The largest absolute Gasteiger partial charge is 0.497 e. The number of rotatable bonds is 13. The first kappa shape index (κ1) is 32.1. The Kier molecular flexibility index (Phi) is 10.2. The van der Waals surface area contributed by atoms with Gasteiger partial charge in [-0.3, -0.25) is 14.3 Å². The monoisotopic (exact) mass is 618 g/mol. The van der Waals surface area contributed by atoms with Gasteiger partial charge in [0.1, 0.15) is 35.4 Å². The van der Waals surface area contributed by atoms with E-state index in [0.717, 1.165) is 16.7 Å². The van der Waals surface area contributed by atoms with Gasteiger partial charge in [0.25, 0.3) is 5.56 Å². The Morgan fingerprint density at radius 3 is 1.98 bits per heavy atom. The number of aliphatic hydroxyl groups excluding tert-OH is 1. The van der Waals surface area contributed by atoms with E-state index in [-0.39, 0.29) is 19.8 Å². The Balaban J connectivity index is 1.56. The molecular weight excluding hydrogens is 580 g/mol. The summed E-state index contributed by atoms with van der Waals surface area (Å²) in [5.74, 6) is 1.37. The van der Waals surface area contributed by atoms with Crippen LogP contribution < -0.4 is 20.7 Å². The number of aryl methyl sites for hydroxylation is 1. The molecule has 1 saturated heterocycles. The third-order valence-corrected chi connectivity index (χ3v) is 7.97. The summed E-state index contributed by atoms with van der Waals surface area (Å²) in [4.78, 5) is 27.2. The highest BCUT2D eigenvalue weighted by Crippen LogP contribution is 2.43. The standard InChI is InChI=1S/C34H38N2O9/c1-22-20-36(33(39)35-31(22)38)32-30(43-19-18-40-2)29(37)28(45-32)21-44-34(23-8-6-5-7-9-23,24-10-14-26(41-3)15-11-24)25-12-16-27(42-4)17-13-25/h5-17,20,28-30,32,37H,18-19,21H2,1-4H3,(H,35,38,39)/t28-,29-,30-,32-/m1/s1. The molecule has 0 aliphatic carbocycles. The van der Waals surface area contributed by atoms with Crippen molar-refractivity contribution >= 4 is 0 Å². The fourth-order valence-corrected chi connectivity index (χ4v) is 5.58. The molecule has 5 rings (SSSR count). The molecule has 0 amide bonds. The van der Waals surface area contributed by atoms with Gasteiger partial charge in [0.2, 0.25) is 0 Å². The van der Waals surface area contributed by atoms with Crippen LogP contribution in [0.15, 0.2) is 94.6 Å². The lowest BCUT2D eigenvalue weighted by atomic mass is 9.80. The number of ether oxygens (including phenoxy) is 6. The Morgan fingerprint density at radius 2 is 1.42 bits per heavy atom. The topological polar surface area (TPSA) is 130 Å². The Bertz CT molecular complexity index is 1610. The van der Waals surface area contributed by atoms with Gasteiger partial charge < -0.3 is 33.5 Å². The van der Waals surface area contributed by atoms with Gasteiger partial charge in [-0.05, 0) is 47.9 Å². The van der Waals surface area contributed by atoms with E-state index < -0.39 is 41.4 Å². The molecule has 11 nitrogen and oxygen atoms in total. The second-order valence-electron chi connectivity index (χ2n) is 10.7. The summed E-state index contributed by atoms with van der Waals surface area (Å²) < 4.78 is 36.4. The lowest BCUT2D eigenvalue weighted by molar-refractivity contribution is -0.0994. The number of benzene rings is 3. The zero-order valence-corrected chi connectivity index (χ0v) is 25.7. The average Bonchev–Trinajstić information content (AvgIpc) is 3.38. The van der Waals surface area contributed by atoms with Crippen LogP contribution in [0.4, 0.5) is 0 Å². The van der Waals surface area contributed by atoms with Crippen LogP contribution in [-0.2, 0) is 24.5 Å². The number of hydrogen-bond acceptors (Lipinski definition) is 9. The summed E-state index contributed by atoms with van der Waals surface area (Å²) in [5, 5.41) is 11.5. The van der Waals surface area contributed by atoms with E-state index in [9.17, 15) is 14.7 Å². The minimum absolute atomic E-state index is 0.0914. The van der Waals surface area contributed by atoms with Crippen LogP contribution in [0.3, 0.4) is 0 Å². The highest BCUT2D eigenvalue weighted by atomic mass is 16.6. The molecule has 4 aromatic rings. The molecule has 0 radical (unpaired) electrons. The number of nitrogens with zero attached hydrogens (tertiary/aromatic N) is 1. The van der Waals surface area contributed by atoms with Gasteiger partial charge >= 0.3 is 5.69 Å². The lowest BCUT2D eigenvalue weighted by Gasteiger charge is -2.37. The number of aliphatic hydroxyl groups is 1. The van der Waals surface area contributed by atoms with E-state index in [4.69, 9.17) is 28.4 Å². The van der Waals surface area contributed by atoms with E-state index in [1.165, 1.54) is 17.9 Å². The van der Waals surface area contributed by atoms with Crippen LogP contribution in [0.25, 0.3) is 0 Å². The van der Waals surface area contributed by atoms with E-state index in [1.54, 1.807) is 21.1 Å². The van der Waals surface area contributed by atoms with Crippen molar-refractivity contribution in [1.82, 2.24) is 9.55 Å². The Hall–Kier alpha value is -4.26. The van der Waals surface area contributed by atoms with Crippen LogP contribution in [0.2, 0.25) is 0 Å². The number of hydrogen-bond donors (Lipinski definition) is 2. The van der Waals surface area contributed by atoms with Crippen molar-refractivity contribution in [3.8, 4) is 11.5 Å². The van der Waals surface area contributed by atoms with Gasteiger partial charge in [0.05, 0.1) is 34.0 Å². The van der Waals surface area contributed by atoms with Crippen molar-refractivity contribution in [1.29, 1.82) is 0 Å². The summed E-state index contributed by atoms with van der Waals surface area (Å²) in [5.41, 5.74) is 0.430. The first-order valence-corrected chi connectivity index (χ1v) is 14.6. The average molecular weight is 619 g/mol. The highest BCUT2D eigenvalue weighted by Gasteiger charge is 2.48. The normalized spacial score (nSPS) is 19.8. The van der Waals surface area contributed by atoms with Gasteiger partial charge in [0, 0.05) is 18.9 Å². The summed E-state index contributed by atoms with van der Waals surface area (Å²) in [6.45, 7) is 1.91. The fourth-order valence-electron chi connectivity index (χ4n) is 5.58. The third-order valence-electron chi connectivity index (χ3n) is 7.97. The van der Waals surface area contributed by atoms with Gasteiger partial charge in [0.15, 0.2) is 6.23 Å². The molecule has 11 heteroatoms. The zero-order valence-electron chi connectivity index (χ0n) is 25.7. The SMILES string of the molecule is COCCO[C@@H]1[C@H](O)[C@@H](COC(c2ccccc2)(c2ccc(OC)cc2)c2ccc(OC)cc2)O[C@H]1n1cc(C)c(=O)[nH]c1=O. The zero-order chi connectivity index (χ0) is 32.0. The molecule has 2 N–H and O–H groups in total. The molecule has 2 heterocycles. The predicted octanol–water partition coefficient (Wildman–Crippen LogP) is 3.16. The molecule has 1 fully saturated rings. The summed E-state index contributed by atoms with van der Waals surface area (Å²) in [6, 6.07) is 24.9. The molecule has 1 aromatic heterocycles. The van der Waals surface area contributed by atoms with E-state index in [2.05, 4.69) is 4.98 Å². The Morgan fingerprint density at radius 1 is 0.844 bits per heavy atom. The molecule has 238 valence electrons. The highest BCUT2D eigenvalue weighted by molar-refractivity contribution is 5.49. The fraction of sp³-hybridized carbons (Fsp3) is 0.353. The third kappa shape index (κ3) is 6.58. The van der Waals surface area contributed by atoms with E-state index >= 15 is 0 Å². The maximum atomic E-state index is 12.9. The second kappa shape index (κ2) is 14.2. The minimum atomic E-state index is -1.19.